The maximum absolute atomic E-state index is 12.7. The van der Waals surface area contributed by atoms with E-state index in [9.17, 15) is 4.79 Å². The number of fused-ring (bicyclic) bond motifs is 2. The van der Waals surface area contributed by atoms with Gasteiger partial charge in [0.05, 0.1) is 17.5 Å². The van der Waals surface area contributed by atoms with Gasteiger partial charge in [-0.3, -0.25) is 9.69 Å². The molecule has 3 aromatic rings. The Labute approximate surface area is 210 Å². The average molecular weight is 501 g/mol. The number of piperazine rings is 1. The second kappa shape index (κ2) is 10.8. The second-order valence-corrected chi connectivity index (χ2v) is 10.8. The van der Waals surface area contributed by atoms with Crippen molar-refractivity contribution in [3.05, 3.63) is 34.2 Å². The van der Waals surface area contributed by atoms with Gasteiger partial charge in [0.1, 0.15) is 15.6 Å². The molecule has 0 atom stereocenters. The van der Waals surface area contributed by atoms with Gasteiger partial charge in [-0.1, -0.05) is 30.9 Å². The van der Waals surface area contributed by atoms with E-state index >= 15 is 0 Å². The minimum atomic E-state index is -0.0298. The van der Waals surface area contributed by atoms with Crippen LogP contribution in [0.2, 0.25) is 5.02 Å². The largest absolute Gasteiger partial charge is 0.495 e. The molecule has 1 saturated carbocycles. The van der Waals surface area contributed by atoms with Crippen molar-refractivity contribution in [2.75, 3.05) is 46.4 Å². The number of rotatable bonds is 7. The van der Waals surface area contributed by atoms with Crippen LogP contribution in [0.3, 0.4) is 0 Å². The predicted octanol–water partition coefficient (Wildman–Crippen LogP) is 5.18. The van der Waals surface area contributed by atoms with Crippen LogP contribution >= 0.6 is 22.9 Å². The fourth-order valence-electron chi connectivity index (χ4n) is 5.31. The van der Waals surface area contributed by atoms with Crippen molar-refractivity contribution in [1.82, 2.24) is 20.1 Å². The van der Waals surface area contributed by atoms with Crippen LogP contribution in [0.25, 0.3) is 21.1 Å². The summed E-state index contributed by atoms with van der Waals surface area (Å²) >= 11 is 7.84. The van der Waals surface area contributed by atoms with E-state index < -0.39 is 0 Å². The lowest BCUT2D eigenvalue weighted by atomic mass is 9.94. The SMILES string of the molecule is COc1ccc2cc3cc(C(=O)NCCCN4CCN(C5CCCCC5)CC4)sc3nc2c1Cl. The van der Waals surface area contributed by atoms with Gasteiger partial charge in [0, 0.05) is 49.5 Å². The molecule has 1 aliphatic carbocycles. The zero-order chi connectivity index (χ0) is 23.5. The molecule has 6 nitrogen and oxygen atoms in total. The van der Waals surface area contributed by atoms with E-state index in [-0.39, 0.29) is 5.91 Å². The van der Waals surface area contributed by atoms with Crippen molar-refractivity contribution in [2.45, 2.75) is 44.6 Å². The number of nitrogens with zero attached hydrogens (tertiary/aromatic N) is 3. The molecule has 2 aromatic heterocycles. The Morgan fingerprint density at radius 1 is 1.15 bits per heavy atom. The minimum Gasteiger partial charge on any atom is -0.495 e. The zero-order valence-electron chi connectivity index (χ0n) is 19.8. The third-order valence-corrected chi connectivity index (χ3v) is 8.66. The van der Waals surface area contributed by atoms with E-state index in [1.807, 2.05) is 24.3 Å². The molecule has 0 unspecified atom stereocenters. The molecule has 1 N–H and O–H groups in total. The molecule has 182 valence electrons. The summed E-state index contributed by atoms with van der Waals surface area (Å²) in [6, 6.07) is 8.56. The third kappa shape index (κ3) is 5.18. The number of hydrogen-bond acceptors (Lipinski definition) is 6. The number of halogens is 1. The summed E-state index contributed by atoms with van der Waals surface area (Å²) in [5, 5.41) is 5.49. The molecule has 5 rings (SSSR count). The second-order valence-electron chi connectivity index (χ2n) is 9.43. The summed E-state index contributed by atoms with van der Waals surface area (Å²) in [5.41, 5.74) is 0.700. The number of benzene rings is 1. The van der Waals surface area contributed by atoms with Crippen molar-refractivity contribution in [3.63, 3.8) is 0 Å². The van der Waals surface area contributed by atoms with E-state index in [0.717, 1.165) is 47.7 Å². The van der Waals surface area contributed by atoms with Gasteiger partial charge in [0.2, 0.25) is 0 Å². The normalized spacial score (nSPS) is 18.5. The maximum Gasteiger partial charge on any atom is 0.261 e. The number of ether oxygens (including phenoxy) is 1. The molecule has 0 spiro atoms. The number of pyridine rings is 1. The highest BCUT2D eigenvalue weighted by atomic mass is 35.5. The molecule has 1 amide bonds. The number of amides is 1. The third-order valence-electron chi connectivity index (χ3n) is 7.25. The summed E-state index contributed by atoms with van der Waals surface area (Å²) in [7, 11) is 1.59. The molecule has 34 heavy (non-hydrogen) atoms. The Morgan fingerprint density at radius 3 is 2.71 bits per heavy atom. The number of carbonyl (C=O) groups excluding carboxylic acids is 1. The Kier molecular flexibility index (Phi) is 7.54. The fraction of sp³-hybridized carbons (Fsp3) is 0.538. The van der Waals surface area contributed by atoms with E-state index in [4.69, 9.17) is 21.3 Å². The standard InChI is InChI=1S/C26H33ClN4O2S/c1-33-21-9-8-18-16-19-17-22(34-26(19)29-24(18)23(21)27)25(32)28-10-5-11-30-12-14-31(15-13-30)20-6-3-2-4-7-20/h8-9,16-17,20H,2-7,10-15H2,1H3,(H,28,32). The minimum absolute atomic E-state index is 0.0298. The topological polar surface area (TPSA) is 57.7 Å². The molecular weight excluding hydrogens is 468 g/mol. The van der Waals surface area contributed by atoms with Gasteiger partial charge in [-0.15, -0.1) is 11.3 Å². The molecule has 1 saturated heterocycles. The van der Waals surface area contributed by atoms with Crippen LogP contribution in [0, 0.1) is 0 Å². The van der Waals surface area contributed by atoms with Crippen LogP contribution in [0.4, 0.5) is 0 Å². The molecule has 0 bridgehead atoms. The number of hydrogen-bond donors (Lipinski definition) is 1. The highest BCUT2D eigenvalue weighted by molar-refractivity contribution is 7.20. The van der Waals surface area contributed by atoms with E-state index in [0.29, 0.717) is 27.7 Å². The van der Waals surface area contributed by atoms with Crippen molar-refractivity contribution >= 4 is 50.0 Å². The van der Waals surface area contributed by atoms with E-state index in [1.54, 1.807) is 7.11 Å². The van der Waals surface area contributed by atoms with E-state index in [1.165, 1.54) is 56.5 Å². The summed E-state index contributed by atoms with van der Waals surface area (Å²) in [5.74, 6) is 0.573. The van der Waals surface area contributed by atoms with Gasteiger partial charge in [-0.25, -0.2) is 4.98 Å². The van der Waals surface area contributed by atoms with Crippen LogP contribution < -0.4 is 10.1 Å². The van der Waals surface area contributed by atoms with Crippen LogP contribution in [-0.2, 0) is 0 Å². The first-order valence-electron chi connectivity index (χ1n) is 12.4. The van der Waals surface area contributed by atoms with Gasteiger partial charge in [-0.05, 0) is 50.1 Å². The summed E-state index contributed by atoms with van der Waals surface area (Å²) < 4.78 is 5.30. The number of nitrogens with one attached hydrogen (secondary N) is 1. The van der Waals surface area contributed by atoms with Crippen LogP contribution in [-0.4, -0.2) is 73.1 Å². The van der Waals surface area contributed by atoms with Gasteiger partial charge in [0.25, 0.3) is 5.91 Å². The van der Waals surface area contributed by atoms with E-state index in [2.05, 4.69) is 15.1 Å². The van der Waals surface area contributed by atoms with Crippen molar-refractivity contribution in [2.24, 2.45) is 0 Å². The van der Waals surface area contributed by atoms with Gasteiger partial charge in [0.15, 0.2) is 0 Å². The van der Waals surface area contributed by atoms with Gasteiger partial charge >= 0.3 is 0 Å². The highest BCUT2D eigenvalue weighted by Crippen LogP contribution is 2.35. The van der Waals surface area contributed by atoms with Gasteiger partial charge in [-0.2, -0.15) is 0 Å². The number of methoxy groups -OCH3 is 1. The fourth-order valence-corrected chi connectivity index (χ4v) is 6.53. The molecular formula is C26H33ClN4O2S. The first kappa shape index (κ1) is 23.8. The van der Waals surface area contributed by atoms with Gasteiger partial charge < -0.3 is 15.0 Å². The van der Waals surface area contributed by atoms with Crippen LogP contribution in [0.5, 0.6) is 5.75 Å². The first-order valence-corrected chi connectivity index (χ1v) is 13.6. The van der Waals surface area contributed by atoms with Crippen molar-refractivity contribution in [1.29, 1.82) is 0 Å². The Balaban J connectivity index is 1.11. The van der Waals surface area contributed by atoms with Crippen molar-refractivity contribution < 1.29 is 9.53 Å². The quantitative estimate of drug-likeness (QED) is 0.453. The lowest BCUT2D eigenvalue weighted by Gasteiger charge is -2.40. The number of thiophene rings is 1. The number of carbonyl (C=O) groups is 1. The Hall–Kier alpha value is -1.93. The molecule has 8 heteroatoms. The van der Waals surface area contributed by atoms with Crippen LogP contribution in [0.1, 0.15) is 48.2 Å². The first-order chi connectivity index (χ1) is 16.6. The van der Waals surface area contributed by atoms with Crippen molar-refractivity contribution in [3.8, 4) is 5.75 Å². The molecule has 2 aliphatic rings. The molecule has 0 radical (unpaired) electrons. The number of aromatic nitrogens is 1. The maximum atomic E-state index is 12.7. The molecule has 1 aromatic carbocycles. The zero-order valence-corrected chi connectivity index (χ0v) is 21.4. The average Bonchev–Trinajstić information content (AvgIpc) is 3.30. The lowest BCUT2D eigenvalue weighted by Crippen LogP contribution is -2.51. The predicted molar refractivity (Wildman–Crippen MR) is 141 cm³/mol. The lowest BCUT2D eigenvalue weighted by molar-refractivity contribution is 0.0779. The summed E-state index contributed by atoms with van der Waals surface area (Å²) in [6.07, 6.45) is 7.96. The molecule has 3 heterocycles. The highest BCUT2D eigenvalue weighted by Gasteiger charge is 2.24. The van der Waals surface area contributed by atoms with Crippen LogP contribution in [0.15, 0.2) is 24.3 Å². The Morgan fingerprint density at radius 2 is 1.94 bits per heavy atom. The monoisotopic (exact) mass is 500 g/mol. The summed E-state index contributed by atoms with van der Waals surface area (Å²) in [6.45, 7) is 6.40. The Bertz CT molecular complexity index is 1150. The smallest absolute Gasteiger partial charge is 0.261 e. The summed E-state index contributed by atoms with van der Waals surface area (Å²) in [4.78, 5) is 24.2. The molecule has 2 fully saturated rings. The molecule has 1 aliphatic heterocycles.